The van der Waals surface area contributed by atoms with Crippen LogP contribution in [0, 0.1) is 19.3 Å². The predicted octanol–water partition coefficient (Wildman–Crippen LogP) is 3.20. The fourth-order valence-corrected chi connectivity index (χ4v) is 4.01. The largest absolute Gasteiger partial charge is 0.340 e. The number of rotatable bonds is 6. The van der Waals surface area contributed by atoms with Crippen molar-refractivity contribution in [2.45, 2.75) is 19.8 Å². The molecule has 1 aliphatic heterocycles. The Morgan fingerprint density at radius 3 is 2.53 bits per heavy atom. The van der Waals surface area contributed by atoms with Gasteiger partial charge in [-0.1, -0.05) is 23.8 Å². The highest BCUT2D eigenvalue weighted by atomic mass is 19.1. The lowest BCUT2D eigenvalue weighted by molar-refractivity contribution is -0.132. The zero-order valence-electron chi connectivity index (χ0n) is 18.0. The first-order valence-corrected chi connectivity index (χ1v) is 10.6. The van der Waals surface area contributed by atoms with E-state index in [1.165, 1.54) is 12.4 Å². The topological polar surface area (TPSA) is 58.6 Å². The van der Waals surface area contributed by atoms with Crippen LogP contribution in [0.2, 0.25) is 0 Å². The summed E-state index contributed by atoms with van der Waals surface area (Å²) in [5.41, 5.74) is 3.73. The molecule has 1 aliphatic rings. The van der Waals surface area contributed by atoms with Crippen molar-refractivity contribution >= 4 is 11.6 Å². The number of carbonyl (C=O) groups excluding carboxylic acids is 1. The predicted molar refractivity (Wildman–Crippen MR) is 119 cm³/mol. The molecule has 0 aliphatic carbocycles. The highest BCUT2D eigenvalue weighted by molar-refractivity contribution is 5.79. The molecule has 8 heteroatoms. The van der Waals surface area contributed by atoms with Crippen LogP contribution >= 0.6 is 0 Å². The number of carbonyl (C=O) groups is 1. The van der Waals surface area contributed by atoms with Crippen LogP contribution in [-0.4, -0.2) is 63.2 Å². The summed E-state index contributed by atoms with van der Waals surface area (Å²) in [7, 11) is 0. The Hall–Kier alpha value is -3.57. The van der Waals surface area contributed by atoms with Gasteiger partial charge in [0.2, 0.25) is 11.6 Å². The minimum absolute atomic E-state index is 0.118. The van der Waals surface area contributed by atoms with E-state index in [4.69, 9.17) is 6.57 Å². The van der Waals surface area contributed by atoms with E-state index < -0.39 is 5.82 Å². The Bertz CT molecular complexity index is 1110. The second-order valence-corrected chi connectivity index (χ2v) is 7.95. The Labute approximate surface area is 186 Å². The van der Waals surface area contributed by atoms with Crippen molar-refractivity contribution in [2.75, 3.05) is 32.7 Å². The average molecular weight is 433 g/mol. The second-order valence-electron chi connectivity index (χ2n) is 7.95. The van der Waals surface area contributed by atoms with E-state index in [-0.39, 0.29) is 11.6 Å². The lowest BCUT2D eigenvalue weighted by atomic mass is 10.0. The van der Waals surface area contributed by atoms with Crippen LogP contribution in [0.15, 0.2) is 49.1 Å². The molecule has 0 unspecified atom stereocenters. The quantitative estimate of drug-likeness (QED) is 0.562. The maximum atomic E-state index is 13.7. The van der Waals surface area contributed by atoms with E-state index in [1.807, 2.05) is 29.2 Å². The van der Waals surface area contributed by atoms with Gasteiger partial charge in [0.15, 0.2) is 0 Å². The molecule has 1 fully saturated rings. The van der Waals surface area contributed by atoms with Crippen molar-refractivity contribution in [2.24, 2.45) is 0 Å². The molecule has 0 saturated carbocycles. The van der Waals surface area contributed by atoms with Gasteiger partial charge < -0.3 is 4.90 Å². The Balaban J connectivity index is 1.26. The van der Waals surface area contributed by atoms with Crippen LogP contribution in [0.3, 0.4) is 0 Å². The van der Waals surface area contributed by atoms with Crippen molar-refractivity contribution in [1.82, 2.24) is 24.6 Å². The van der Waals surface area contributed by atoms with Crippen molar-refractivity contribution < 1.29 is 9.18 Å². The number of nitrogens with zero attached hydrogens (tertiary/aromatic N) is 6. The van der Waals surface area contributed by atoms with Gasteiger partial charge in [0.25, 0.3) is 0 Å². The number of hydrogen-bond acceptors (Lipinski definition) is 4. The fourth-order valence-electron chi connectivity index (χ4n) is 4.01. The summed E-state index contributed by atoms with van der Waals surface area (Å²) in [6.07, 6.45) is 4.27. The van der Waals surface area contributed by atoms with Crippen LogP contribution in [0.25, 0.3) is 10.5 Å². The van der Waals surface area contributed by atoms with Crippen molar-refractivity contribution in [3.8, 4) is 5.69 Å². The van der Waals surface area contributed by atoms with Gasteiger partial charge in [-0.2, -0.15) is 5.10 Å². The molecular formula is C24H25FN6O. The van der Waals surface area contributed by atoms with Crippen LogP contribution in [-0.2, 0) is 17.6 Å². The highest BCUT2D eigenvalue weighted by Gasteiger charge is 2.21. The van der Waals surface area contributed by atoms with Crippen LogP contribution < -0.4 is 0 Å². The van der Waals surface area contributed by atoms with Gasteiger partial charge in [0.1, 0.15) is 18.5 Å². The van der Waals surface area contributed by atoms with Gasteiger partial charge in [-0.15, -0.1) is 0 Å². The number of halogens is 1. The number of amides is 1. The SMILES string of the molecule is [C-]#[N+]c1c(F)ccc(CCN2CCN(C(=O)Cc3ccc(-n4cncn4)cc3)CC2)c1C. The van der Waals surface area contributed by atoms with E-state index >= 15 is 0 Å². The molecular weight excluding hydrogens is 407 g/mol. The summed E-state index contributed by atoms with van der Waals surface area (Å²) in [6.45, 7) is 12.8. The summed E-state index contributed by atoms with van der Waals surface area (Å²) in [5.74, 6) is -0.323. The second kappa shape index (κ2) is 9.71. The lowest BCUT2D eigenvalue weighted by Gasteiger charge is -2.35. The first kappa shape index (κ1) is 21.7. The zero-order valence-corrected chi connectivity index (χ0v) is 18.0. The maximum Gasteiger partial charge on any atom is 0.227 e. The smallest absolute Gasteiger partial charge is 0.227 e. The van der Waals surface area contributed by atoms with Crippen LogP contribution in [0.5, 0.6) is 0 Å². The maximum absolute atomic E-state index is 13.7. The van der Waals surface area contributed by atoms with E-state index in [0.29, 0.717) is 19.5 Å². The van der Waals surface area contributed by atoms with Gasteiger partial charge in [-0.3, -0.25) is 9.69 Å². The minimum Gasteiger partial charge on any atom is -0.340 e. The summed E-state index contributed by atoms with van der Waals surface area (Å²) in [5, 5.41) is 4.11. The molecule has 4 rings (SSSR count). The number of aromatic nitrogens is 3. The Morgan fingerprint density at radius 1 is 1.12 bits per heavy atom. The van der Waals surface area contributed by atoms with E-state index in [2.05, 4.69) is 19.8 Å². The van der Waals surface area contributed by atoms with Crippen molar-refractivity contribution in [1.29, 1.82) is 0 Å². The fraction of sp³-hybridized carbons (Fsp3) is 0.333. The van der Waals surface area contributed by atoms with Gasteiger partial charge >= 0.3 is 0 Å². The molecule has 164 valence electrons. The molecule has 32 heavy (non-hydrogen) atoms. The normalized spacial score (nSPS) is 14.3. The molecule has 1 amide bonds. The van der Waals surface area contributed by atoms with Crippen LogP contribution in [0.4, 0.5) is 10.1 Å². The van der Waals surface area contributed by atoms with Crippen molar-refractivity contribution in [3.63, 3.8) is 0 Å². The highest BCUT2D eigenvalue weighted by Crippen LogP contribution is 2.26. The lowest BCUT2D eigenvalue weighted by Crippen LogP contribution is -2.49. The molecule has 2 aromatic carbocycles. The van der Waals surface area contributed by atoms with Crippen molar-refractivity contribution in [3.05, 3.63) is 83.0 Å². The summed E-state index contributed by atoms with van der Waals surface area (Å²) in [6, 6.07) is 10.9. The monoisotopic (exact) mass is 432 g/mol. The third kappa shape index (κ3) is 4.84. The molecule has 1 aromatic heterocycles. The third-order valence-electron chi connectivity index (χ3n) is 6.00. The first-order valence-electron chi connectivity index (χ1n) is 10.6. The molecule has 3 aromatic rings. The van der Waals surface area contributed by atoms with Gasteiger partial charge in [-0.05, 0) is 42.7 Å². The molecule has 0 atom stereocenters. The average Bonchev–Trinajstić information content (AvgIpc) is 3.35. The summed E-state index contributed by atoms with van der Waals surface area (Å²) in [4.78, 5) is 24.2. The molecule has 7 nitrogen and oxygen atoms in total. The Kier molecular flexibility index (Phi) is 6.57. The van der Waals surface area contributed by atoms with Gasteiger partial charge in [0, 0.05) is 32.7 Å². The number of benzene rings is 2. The van der Waals surface area contributed by atoms with E-state index in [0.717, 1.165) is 48.4 Å². The van der Waals surface area contributed by atoms with E-state index in [9.17, 15) is 9.18 Å². The standard InChI is InChI=1S/C24H25FN6O/c1-18-20(5-8-22(25)24(18)26-2)9-10-29-11-13-30(14-12-29)23(32)15-19-3-6-21(7-4-19)31-17-27-16-28-31/h3-8,16-17H,9-15H2,1H3. The molecule has 1 saturated heterocycles. The molecule has 0 bridgehead atoms. The Morgan fingerprint density at radius 2 is 1.88 bits per heavy atom. The minimum atomic E-state index is -0.457. The molecule has 0 N–H and O–H groups in total. The third-order valence-corrected chi connectivity index (χ3v) is 6.00. The molecule has 2 heterocycles. The molecule has 0 radical (unpaired) electrons. The zero-order chi connectivity index (χ0) is 22.5. The summed E-state index contributed by atoms with van der Waals surface area (Å²) < 4.78 is 15.4. The van der Waals surface area contributed by atoms with Gasteiger partial charge in [-0.25, -0.2) is 18.9 Å². The summed E-state index contributed by atoms with van der Waals surface area (Å²) >= 11 is 0. The number of piperazine rings is 1. The number of hydrogen-bond donors (Lipinski definition) is 0. The van der Waals surface area contributed by atoms with Crippen LogP contribution in [0.1, 0.15) is 16.7 Å². The van der Waals surface area contributed by atoms with Gasteiger partial charge in [0.05, 0.1) is 18.7 Å². The molecule has 0 spiro atoms. The van der Waals surface area contributed by atoms with E-state index in [1.54, 1.807) is 24.0 Å². The first-order chi connectivity index (χ1) is 15.5.